The quantitative estimate of drug-likeness (QED) is 0.490. The van der Waals surface area contributed by atoms with Gasteiger partial charge in [0.25, 0.3) is 0 Å². The minimum absolute atomic E-state index is 0.579. The van der Waals surface area contributed by atoms with Crippen LogP contribution in [-0.2, 0) is 27.2 Å². The Bertz CT molecular complexity index is 407. The van der Waals surface area contributed by atoms with Gasteiger partial charge in [-0.25, -0.2) is 9.59 Å². The molecule has 0 bridgehead atoms. The number of cyclic esters (lactones) is 2. The molecule has 0 amide bonds. The third-order valence-electron chi connectivity index (χ3n) is 2.57. The molecule has 1 heterocycles. The molecule has 3 heteroatoms. The number of ether oxygens (including phenoxy) is 1. The first-order chi connectivity index (χ1) is 7.75. The van der Waals surface area contributed by atoms with E-state index in [-0.39, 0.29) is 0 Å². The van der Waals surface area contributed by atoms with Crippen LogP contribution in [0.1, 0.15) is 17.5 Å². The monoisotopic (exact) mass is 216 g/mol. The van der Waals surface area contributed by atoms with Crippen LogP contribution in [0.25, 0.3) is 0 Å². The Morgan fingerprint density at radius 2 is 1.38 bits per heavy atom. The third-order valence-corrected chi connectivity index (χ3v) is 2.57. The summed E-state index contributed by atoms with van der Waals surface area (Å²) in [5.74, 6) is -1.16. The standard InChI is InChI=1S/C9H10.C4H2O3/c1-2-5-9-7-3-6-8(9)4-1;5-3-1-2-4(6)7-3/h1-2,4-5H,3,6-7H2;1-2H. The molecule has 0 unspecified atom stereocenters. The highest BCUT2D eigenvalue weighted by Crippen LogP contribution is 2.20. The Hall–Kier alpha value is -1.90. The molecule has 0 saturated carbocycles. The molecule has 82 valence electrons. The number of hydrogen-bond acceptors (Lipinski definition) is 3. The number of rotatable bonds is 0. The maximum atomic E-state index is 9.92. The Labute approximate surface area is 93.7 Å². The minimum Gasteiger partial charge on any atom is -0.387 e. The second-order valence-corrected chi connectivity index (χ2v) is 3.70. The van der Waals surface area contributed by atoms with Gasteiger partial charge in [0, 0.05) is 12.2 Å². The van der Waals surface area contributed by atoms with Crippen LogP contribution in [-0.4, -0.2) is 11.9 Å². The number of fused-ring (bicyclic) bond motifs is 1. The molecule has 3 nitrogen and oxygen atoms in total. The van der Waals surface area contributed by atoms with Gasteiger partial charge in [-0.15, -0.1) is 0 Å². The van der Waals surface area contributed by atoms with E-state index < -0.39 is 11.9 Å². The van der Waals surface area contributed by atoms with Crippen LogP contribution in [0.3, 0.4) is 0 Å². The van der Waals surface area contributed by atoms with E-state index in [1.807, 2.05) is 0 Å². The maximum absolute atomic E-state index is 9.92. The van der Waals surface area contributed by atoms with Crippen LogP contribution in [0.15, 0.2) is 36.4 Å². The van der Waals surface area contributed by atoms with E-state index in [2.05, 4.69) is 29.0 Å². The van der Waals surface area contributed by atoms with Crippen molar-refractivity contribution in [1.82, 2.24) is 0 Å². The first-order valence-electron chi connectivity index (χ1n) is 5.26. The van der Waals surface area contributed by atoms with E-state index in [1.54, 1.807) is 11.1 Å². The maximum Gasteiger partial charge on any atom is 0.338 e. The molecule has 0 radical (unpaired) electrons. The SMILES string of the molecule is O=C1C=CC(=O)O1.c1ccc2c(c1)CCC2. The fourth-order valence-corrected chi connectivity index (χ4v) is 1.82. The molecular weight excluding hydrogens is 204 g/mol. The third kappa shape index (κ3) is 2.57. The molecule has 0 spiro atoms. The molecule has 1 aromatic rings. The van der Waals surface area contributed by atoms with E-state index in [1.165, 1.54) is 19.3 Å². The zero-order valence-electron chi connectivity index (χ0n) is 8.81. The molecule has 0 saturated heterocycles. The van der Waals surface area contributed by atoms with Crippen molar-refractivity contribution in [2.75, 3.05) is 0 Å². The lowest BCUT2D eigenvalue weighted by Gasteiger charge is -1.93. The van der Waals surface area contributed by atoms with Gasteiger partial charge in [-0.3, -0.25) is 0 Å². The smallest absolute Gasteiger partial charge is 0.338 e. The van der Waals surface area contributed by atoms with Crippen LogP contribution in [0.5, 0.6) is 0 Å². The van der Waals surface area contributed by atoms with E-state index in [0.29, 0.717) is 0 Å². The zero-order valence-corrected chi connectivity index (χ0v) is 8.81. The number of carbonyl (C=O) groups excluding carboxylic acids is 2. The summed E-state index contributed by atoms with van der Waals surface area (Å²) >= 11 is 0. The molecule has 0 atom stereocenters. The second kappa shape index (κ2) is 4.75. The van der Waals surface area contributed by atoms with Gasteiger partial charge in [0.2, 0.25) is 0 Å². The van der Waals surface area contributed by atoms with Crippen LogP contribution in [0, 0.1) is 0 Å². The van der Waals surface area contributed by atoms with Crippen molar-refractivity contribution in [3.63, 3.8) is 0 Å². The highest BCUT2D eigenvalue weighted by molar-refractivity contribution is 6.04. The van der Waals surface area contributed by atoms with Crippen molar-refractivity contribution in [3.8, 4) is 0 Å². The van der Waals surface area contributed by atoms with Gasteiger partial charge < -0.3 is 4.74 Å². The average molecular weight is 216 g/mol. The second-order valence-electron chi connectivity index (χ2n) is 3.70. The van der Waals surface area contributed by atoms with Crippen molar-refractivity contribution in [1.29, 1.82) is 0 Å². The predicted molar refractivity (Wildman–Crippen MR) is 58.7 cm³/mol. The molecule has 0 N–H and O–H groups in total. The Morgan fingerprint density at radius 1 is 0.875 bits per heavy atom. The Morgan fingerprint density at radius 3 is 1.75 bits per heavy atom. The van der Waals surface area contributed by atoms with Crippen LogP contribution in [0.2, 0.25) is 0 Å². The number of carbonyl (C=O) groups is 2. The van der Waals surface area contributed by atoms with Crippen molar-refractivity contribution in [2.24, 2.45) is 0 Å². The topological polar surface area (TPSA) is 43.4 Å². The number of benzene rings is 1. The van der Waals surface area contributed by atoms with Gasteiger partial charge in [0.05, 0.1) is 0 Å². The lowest BCUT2D eigenvalue weighted by molar-refractivity contribution is -0.150. The molecule has 1 aromatic carbocycles. The summed E-state index contributed by atoms with van der Waals surface area (Å²) in [6.45, 7) is 0. The van der Waals surface area contributed by atoms with E-state index in [0.717, 1.165) is 12.2 Å². The molecule has 3 rings (SSSR count). The first kappa shape index (κ1) is 10.6. The lowest BCUT2D eigenvalue weighted by atomic mass is 10.1. The largest absolute Gasteiger partial charge is 0.387 e. The van der Waals surface area contributed by atoms with E-state index in [9.17, 15) is 9.59 Å². The molecule has 2 aliphatic rings. The van der Waals surface area contributed by atoms with Gasteiger partial charge in [-0.1, -0.05) is 24.3 Å². The Balaban J connectivity index is 0.000000125. The predicted octanol–water partition coefficient (Wildman–Crippen LogP) is 1.80. The van der Waals surface area contributed by atoms with E-state index in [4.69, 9.17) is 0 Å². The van der Waals surface area contributed by atoms with Crippen LogP contribution in [0.4, 0.5) is 0 Å². The highest BCUT2D eigenvalue weighted by atomic mass is 16.6. The van der Waals surface area contributed by atoms with Gasteiger partial charge in [0.1, 0.15) is 0 Å². The zero-order chi connectivity index (χ0) is 11.4. The summed E-state index contributed by atoms with van der Waals surface area (Å²) in [6.07, 6.45) is 6.14. The molecule has 16 heavy (non-hydrogen) atoms. The summed E-state index contributed by atoms with van der Waals surface area (Å²) in [7, 11) is 0. The fourth-order valence-electron chi connectivity index (χ4n) is 1.82. The summed E-state index contributed by atoms with van der Waals surface area (Å²) in [5, 5.41) is 0. The molecule has 1 aliphatic heterocycles. The average Bonchev–Trinajstić information content (AvgIpc) is 2.88. The summed E-state index contributed by atoms with van der Waals surface area (Å²) in [5.41, 5.74) is 3.13. The van der Waals surface area contributed by atoms with Gasteiger partial charge >= 0.3 is 11.9 Å². The van der Waals surface area contributed by atoms with Crippen molar-refractivity contribution >= 4 is 11.9 Å². The highest BCUT2D eigenvalue weighted by Gasteiger charge is 2.10. The van der Waals surface area contributed by atoms with Gasteiger partial charge in [-0.05, 0) is 30.4 Å². The molecule has 1 aliphatic carbocycles. The molecule has 0 fully saturated rings. The van der Waals surface area contributed by atoms with Crippen LogP contribution < -0.4 is 0 Å². The van der Waals surface area contributed by atoms with Crippen molar-refractivity contribution in [2.45, 2.75) is 19.3 Å². The lowest BCUT2D eigenvalue weighted by Crippen LogP contribution is -1.96. The van der Waals surface area contributed by atoms with Crippen molar-refractivity contribution < 1.29 is 14.3 Å². The van der Waals surface area contributed by atoms with Gasteiger partial charge in [0.15, 0.2) is 0 Å². The Kier molecular flexibility index (Phi) is 3.15. The number of esters is 2. The number of aryl methyl sites for hydroxylation is 2. The summed E-state index contributed by atoms with van der Waals surface area (Å²) in [6, 6.07) is 8.74. The molecule has 0 aromatic heterocycles. The molecular formula is C13H12O3. The summed E-state index contributed by atoms with van der Waals surface area (Å²) in [4.78, 5) is 19.8. The minimum atomic E-state index is -0.579. The van der Waals surface area contributed by atoms with Gasteiger partial charge in [-0.2, -0.15) is 0 Å². The number of hydrogen-bond donors (Lipinski definition) is 0. The van der Waals surface area contributed by atoms with Crippen molar-refractivity contribution in [3.05, 3.63) is 47.5 Å². The summed E-state index contributed by atoms with van der Waals surface area (Å²) < 4.78 is 3.97. The normalized spacial score (nSPS) is 16.5. The van der Waals surface area contributed by atoms with Crippen LogP contribution >= 0.6 is 0 Å². The first-order valence-corrected chi connectivity index (χ1v) is 5.26. The fraction of sp³-hybridized carbons (Fsp3) is 0.231. The van der Waals surface area contributed by atoms with E-state index >= 15 is 0 Å².